The molecule has 0 spiro atoms. The highest BCUT2D eigenvalue weighted by molar-refractivity contribution is 7.80. The van der Waals surface area contributed by atoms with Crippen molar-refractivity contribution in [2.75, 3.05) is 11.9 Å². The fourth-order valence-electron chi connectivity index (χ4n) is 2.45. The molecule has 1 aliphatic carbocycles. The minimum absolute atomic E-state index is 0.518. The monoisotopic (exact) mass is 305 g/mol. The number of ether oxygens (including phenoxy) is 1. The quantitative estimate of drug-likeness (QED) is 0.653. The smallest absolute Gasteiger partial charge is 0.191 e. The summed E-state index contributed by atoms with van der Waals surface area (Å²) in [5, 5.41) is 8.05. The minimum Gasteiger partial charge on any atom is -0.494 e. The van der Waals surface area contributed by atoms with E-state index in [1.165, 1.54) is 18.6 Å². The Morgan fingerprint density at radius 1 is 1.38 bits per heavy atom. The lowest BCUT2D eigenvalue weighted by atomic mass is 9.89. The third-order valence-corrected chi connectivity index (χ3v) is 3.68. The molecule has 1 aromatic carbocycles. The Morgan fingerprint density at radius 3 is 2.81 bits per heavy atom. The van der Waals surface area contributed by atoms with Crippen LogP contribution in [0.5, 0.6) is 5.75 Å². The van der Waals surface area contributed by atoms with Gasteiger partial charge in [-0.05, 0) is 75.0 Å². The molecule has 21 heavy (non-hydrogen) atoms. The van der Waals surface area contributed by atoms with Crippen molar-refractivity contribution in [2.24, 2.45) is 11.0 Å². The summed E-state index contributed by atoms with van der Waals surface area (Å²) in [6, 6.07) is 7.72. The van der Waals surface area contributed by atoms with Crippen LogP contribution in [0.25, 0.3) is 0 Å². The molecule has 0 bridgehead atoms. The molecule has 1 aliphatic rings. The Hall–Kier alpha value is -1.62. The van der Waals surface area contributed by atoms with E-state index in [0.717, 1.165) is 30.2 Å². The number of nitrogens with zero attached hydrogens (tertiary/aromatic N) is 1. The molecular formula is C16H23N3OS. The molecule has 0 aliphatic heterocycles. The van der Waals surface area contributed by atoms with Crippen LogP contribution in [0.3, 0.4) is 0 Å². The third-order valence-electron chi connectivity index (χ3n) is 3.49. The van der Waals surface area contributed by atoms with E-state index in [9.17, 15) is 0 Å². The zero-order chi connectivity index (χ0) is 15.1. The van der Waals surface area contributed by atoms with Crippen LogP contribution in [-0.4, -0.2) is 17.4 Å². The molecule has 0 aromatic heterocycles. The summed E-state index contributed by atoms with van der Waals surface area (Å²) < 4.78 is 5.40. The van der Waals surface area contributed by atoms with Crippen LogP contribution in [0, 0.1) is 5.92 Å². The second kappa shape index (κ2) is 7.98. The lowest BCUT2D eigenvalue weighted by molar-refractivity contribution is 0.340. The molecule has 1 aromatic rings. The zero-order valence-electron chi connectivity index (χ0n) is 12.7. The van der Waals surface area contributed by atoms with Crippen LogP contribution < -0.4 is 15.5 Å². The molecule has 2 N–H and O–H groups in total. The lowest BCUT2D eigenvalue weighted by Gasteiger charge is -2.19. The largest absolute Gasteiger partial charge is 0.494 e. The lowest BCUT2D eigenvalue weighted by Crippen LogP contribution is -2.26. The summed E-state index contributed by atoms with van der Waals surface area (Å²) in [4.78, 5) is 0. The molecule has 1 atom stereocenters. The molecule has 0 radical (unpaired) electrons. The number of nitrogens with one attached hydrogen (secondary N) is 2. The first-order valence-corrected chi connectivity index (χ1v) is 7.93. The summed E-state index contributed by atoms with van der Waals surface area (Å²) in [5.41, 5.74) is 5.08. The normalized spacial score (nSPS) is 20.1. The van der Waals surface area contributed by atoms with E-state index in [2.05, 4.69) is 22.8 Å². The van der Waals surface area contributed by atoms with Crippen LogP contribution >= 0.6 is 12.2 Å². The van der Waals surface area contributed by atoms with E-state index < -0.39 is 0 Å². The highest BCUT2D eigenvalue weighted by atomic mass is 32.1. The van der Waals surface area contributed by atoms with Crippen LogP contribution in [0.4, 0.5) is 5.69 Å². The number of hydrazone groups is 1. The van der Waals surface area contributed by atoms with Gasteiger partial charge in [0.25, 0.3) is 0 Å². The van der Waals surface area contributed by atoms with Crippen LogP contribution in [0.1, 0.15) is 39.5 Å². The van der Waals surface area contributed by atoms with Gasteiger partial charge in [-0.3, -0.25) is 5.43 Å². The van der Waals surface area contributed by atoms with Gasteiger partial charge in [-0.2, -0.15) is 5.10 Å². The van der Waals surface area contributed by atoms with E-state index in [1.807, 2.05) is 31.2 Å². The first-order chi connectivity index (χ1) is 10.2. The molecule has 2 rings (SSSR count). The number of anilines is 1. The predicted molar refractivity (Wildman–Crippen MR) is 92.0 cm³/mol. The van der Waals surface area contributed by atoms with Gasteiger partial charge in [-0.25, -0.2) is 0 Å². The Bertz CT molecular complexity index is 499. The van der Waals surface area contributed by atoms with Crippen molar-refractivity contribution in [1.82, 2.24) is 5.43 Å². The highest BCUT2D eigenvalue weighted by Gasteiger charge is 2.13. The fraction of sp³-hybridized carbons (Fsp3) is 0.500. The van der Waals surface area contributed by atoms with Crippen LogP contribution in [0.2, 0.25) is 0 Å². The molecule has 1 fully saturated rings. The molecule has 5 heteroatoms. The summed E-state index contributed by atoms with van der Waals surface area (Å²) in [5.74, 6) is 1.59. The number of rotatable bonds is 4. The van der Waals surface area contributed by atoms with E-state index in [0.29, 0.717) is 11.7 Å². The predicted octanol–water partition coefficient (Wildman–Crippen LogP) is 3.94. The number of hydrogen-bond donors (Lipinski definition) is 2. The van der Waals surface area contributed by atoms with Crippen molar-refractivity contribution >= 4 is 28.7 Å². The van der Waals surface area contributed by atoms with Gasteiger partial charge in [0.1, 0.15) is 5.75 Å². The summed E-state index contributed by atoms with van der Waals surface area (Å²) in [6.45, 7) is 4.91. The number of hydrogen-bond acceptors (Lipinski definition) is 3. The molecule has 0 heterocycles. The van der Waals surface area contributed by atoms with E-state index in [1.54, 1.807) is 0 Å². The van der Waals surface area contributed by atoms with Crippen LogP contribution in [0.15, 0.2) is 29.4 Å². The molecule has 0 unspecified atom stereocenters. The summed E-state index contributed by atoms with van der Waals surface area (Å²) in [7, 11) is 0. The maximum atomic E-state index is 5.40. The van der Waals surface area contributed by atoms with Gasteiger partial charge < -0.3 is 10.1 Å². The van der Waals surface area contributed by atoms with Crippen molar-refractivity contribution in [3.8, 4) is 5.75 Å². The van der Waals surface area contributed by atoms with Crippen LogP contribution in [-0.2, 0) is 0 Å². The minimum atomic E-state index is 0.518. The maximum absolute atomic E-state index is 5.40. The van der Waals surface area contributed by atoms with Crippen molar-refractivity contribution in [3.05, 3.63) is 24.3 Å². The first-order valence-electron chi connectivity index (χ1n) is 7.52. The van der Waals surface area contributed by atoms with Gasteiger partial charge in [0.2, 0.25) is 0 Å². The van der Waals surface area contributed by atoms with E-state index in [4.69, 9.17) is 17.0 Å². The van der Waals surface area contributed by atoms with Gasteiger partial charge in [-0.1, -0.05) is 6.92 Å². The molecule has 0 amide bonds. The topological polar surface area (TPSA) is 45.6 Å². The maximum Gasteiger partial charge on any atom is 0.191 e. The van der Waals surface area contributed by atoms with Gasteiger partial charge in [0, 0.05) is 11.4 Å². The number of thiocarbonyl (C=S) groups is 1. The Kier molecular flexibility index (Phi) is 5.99. The zero-order valence-corrected chi connectivity index (χ0v) is 13.5. The third kappa shape index (κ3) is 5.34. The van der Waals surface area contributed by atoms with Crippen molar-refractivity contribution in [1.29, 1.82) is 0 Å². The summed E-state index contributed by atoms with van der Waals surface area (Å²) in [6.07, 6.45) is 4.66. The SMILES string of the molecule is CCOc1ccc(NC(=S)N/N=C2\CCC[C@@H](C)C2)cc1. The van der Waals surface area contributed by atoms with E-state index >= 15 is 0 Å². The average molecular weight is 305 g/mol. The highest BCUT2D eigenvalue weighted by Crippen LogP contribution is 2.21. The van der Waals surface area contributed by atoms with E-state index in [-0.39, 0.29) is 0 Å². The first kappa shape index (κ1) is 15.8. The van der Waals surface area contributed by atoms with Crippen molar-refractivity contribution in [2.45, 2.75) is 39.5 Å². The Morgan fingerprint density at radius 2 is 2.14 bits per heavy atom. The second-order valence-corrected chi connectivity index (χ2v) is 5.81. The molecular weight excluding hydrogens is 282 g/mol. The van der Waals surface area contributed by atoms with Crippen molar-refractivity contribution < 1.29 is 4.74 Å². The average Bonchev–Trinajstić information content (AvgIpc) is 2.48. The van der Waals surface area contributed by atoms with Gasteiger partial charge >= 0.3 is 0 Å². The fourth-order valence-corrected chi connectivity index (χ4v) is 2.62. The van der Waals surface area contributed by atoms with Gasteiger partial charge in [0.05, 0.1) is 6.61 Å². The Balaban J connectivity index is 1.82. The molecule has 114 valence electrons. The molecule has 1 saturated carbocycles. The standard InChI is InChI=1S/C16H23N3OS/c1-3-20-15-9-7-13(8-10-15)17-16(21)19-18-14-6-4-5-12(2)11-14/h7-10,12H,3-6,11H2,1-2H3,(H2,17,19,21)/b18-14+/t12-/m1/s1. The number of benzene rings is 1. The summed E-state index contributed by atoms with van der Waals surface area (Å²) >= 11 is 5.26. The van der Waals surface area contributed by atoms with Gasteiger partial charge in [0.15, 0.2) is 5.11 Å². The Labute approximate surface area is 132 Å². The second-order valence-electron chi connectivity index (χ2n) is 5.40. The molecule has 0 saturated heterocycles. The molecule has 4 nitrogen and oxygen atoms in total. The van der Waals surface area contributed by atoms with Crippen molar-refractivity contribution in [3.63, 3.8) is 0 Å². The van der Waals surface area contributed by atoms with Gasteiger partial charge in [-0.15, -0.1) is 0 Å².